The van der Waals surface area contributed by atoms with Crippen LogP contribution in [-0.4, -0.2) is 26.1 Å². The number of fused-ring (bicyclic) bond motifs is 1. The van der Waals surface area contributed by atoms with Crippen LogP contribution in [0.3, 0.4) is 0 Å². The van der Waals surface area contributed by atoms with Gasteiger partial charge in [-0.25, -0.2) is 0 Å². The van der Waals surface area contributed by atoms with Gasteiger partial charge in [-0.15, -0.1) is 12.4 Å². The number of hydrogen-bond acceptors (Lipinski definition) is 3. The van der Waals surface area contributed by atoms with Gasteiger partial charge >= 0.3 is 0 Å². The lowest BCUT2D eigenvalue weighted by Gasteiger charge is -2.20. The summed E-state index contributed by atoms with van der Waals surface area (Å²) < 4.78 is 5.63. The molecular formula is C13H19ClN2O2. The number of ether oxygens (including phenoxy) is 1. The van der Waals surface area contributed by atoms with Gasteiger partial charge in [0, 0.05) is 13.0 Å². The average Bonchev–Trinajstić information content (AvgIpc) is 2.37. The molecule has 0 spiro atoms. The van der Waals surface area contributed by atoms with Crippen LogP contribution in [0.15, 0.2) is 18.2 Å². The van der Waals surface area contributed by atoms with Crippen LogP contribution >= 0.6 is 12.4 Å². The molecule has 1 aromatic rings. The highest BCUT2D eigenvalue weighted by molar-refractivity contribution is 5.92. The van der Waals surface area contributed by atoms with Crippen molar-refractivity contribution in [2.24, 2.45) is 0 Å². The topological polar surface area (TPSA) is 50.4 Å². The van der Waals surface area contributed by atoms with Crippen molar-refractivity contribution < 1.29 is 9.53 Å². The minimum absolute atomic E-state index is 0. The van der Waals surface area contributed by atoms with Crippen LogP contribution in [0.4, 0.5) is 5.69 Å². The fourth-order valence-electron chi connectivity index (χ4n) is 1.94. The Morgan fingerprint density at radius 2 is 2.28 bits per heavy atom. The molecule has 1 heterocycles. The van der Waals surface area contributed by atoms with E-state index in [2.05, 4.69) is 16.7 Å². The molecule has 100 valence electrons. The summed E-state index contributed by atoms with van der Waals surface area (Å²) in [6.07, 6.45) is 2.54. The van der Waals surface area contributed by atoms with Gasteiger partial charge in [0.1, 0.15) is 5.75 Å². The van der Waals surface area contributed by atoms with Crippen molar-refractivity contribution in [3.63, 3.8) is 0 Å². The highest BCUT2D eigenvalue weighted by Crippen LogP contribution is 2.32. The molecule has 18 heavy (non-hydrogen) atoms. The molecule has 0 fully saturated rings. The van der Waals surface area contributed by atoms with Crippen LogP contribution in [0, 0.1) is 0 Å². The zero-order valence-corrected chi connectivity index (χ0v) is 11.3. The number of nitrogens with one attached hydrogen (secondary N) is 2. The molecule has 0 aromatic heterocycles. The molecular weight excluding hydrogens is 252 g/mol. The first-order valence-electron chi connectivity index (χ1n) is 6.00. The molecule has 4 nitrogen and oxygen atoms in total. The van der Waals surface area contributed by atoms with Crippen molar-refractivity contribution >= 4 is 24.0 Å². The first kappa shape index (κ1) is 14.8. The first-order valence-corrected chi connectivity index (χ1v) is 6.00. The summed E-state index contributed by atoms with van der Waals surface area (Å²) in [7, 11) is 1.83. The summed E-state index contributed by atoms with van der Waals surface area (Å²) in [4.78, 5) is 11.7. The highest BCUT2D eigenvalue weighted by Gasteiger charge is 2.15. The molecule has 1 aliphatic heterocycles. The molecule has 1 amide bonds. The van der Waals surface area contributed by atoms with Gasteiger partial charge in [0.25, 0.3) is 0 Å². The van der Waals surface area contributed by atoms with E-state index in [-0.39, 0.29) is 18.3 Å². The van der Waals surface area contributed by atoms with Crippen molar-refractivity contribution in [2.45, 2.75) is 19.3 Å². The van der Waals surface area contributed by atoms with Gasteiger partial charge in [-0.2, -0.15) is 0 Å². The number of halogens is 1. The minimum Gasteiger partial charge on any atom is -0.491 e. The van der Waals surface area contributed by atoms with E-state index in [0.29, 0.717) is 13.0 Å². The monoisotopic (exact) mass is 270 g/mol. The SMILES string of the molecule is CNCCC(=O)Nc1cccc2c1OCCC2.Cl. The minimum atomic E-state index is 0. The summed E-state index contributed by atoms with van der Waals surface area (Å²) in [5, 5.41) is 5.86. The van der Waals surface area contributed by atoms with Gasteiger partial charge in [0.2, 0.25) is 5.91 Å². The van der Waals surface area contributed by atoms with Gasteiger partial charge in [-0.05, 0) is 31.5 Å². The van der Waals surface area contributed by atoms with E-state index in [1.165, 1.54) is 5.56 Å². The number of rotatable bonds is 4. The number of carbonyl (C=O) groups is 1. The van der Waals surface area contributed by atoms with Gasteiger partial charge in [-0.1, -0.05) is 12.1 Å². The number of anilines is 1. The Balaban J connectivity index is 0.00000162. The lowest BCUT2D eigenvalue weighted by atomic mass is 10.1. The first-order chi connectivity index (χ1) is 8.31. The zero-order valence-electron chi connectivity index (χ0n) is 10.5. The standard InChI is InChI=1S/C13H18N2O2.ClH/c1-14-8-7-12(16)15-11-6-2-4-10-5-3-9-17-13(10)11;/h2,4,6,14H,3,5,7-9H2,1H3,(H,15,16);1H. The second-order valence-corrected chi connectivity index (χ2v) is 4.15. The van der Waals surface area contributed by atoms with E-state index in [1.54, 1.807) is 0 Å². The van der Waals surface area contributed by atoms with Crippen LogP contribution in [-0.2, 0) is 11.2 Å². The zero-order chi connectivity index (χ0) is 12.1. The lowest BCUT2D eigenvalue weighted by Crippen LogP contribution is -2.20. The summed E-state index contributed by atoms with van der Waals surface area (Å²) in [5.41, 5.74) is 1.98. The van der Waals surface area contributed by atoms with Crippen molar-refractivity contribution in [2.75, 3.05) is 25.5 Å². The van der Waals surface area contributed by atoms with Gasteiger partial charge in [0.05, 0.1) is 12.3 Å². The molecule has 2 N–H and O–H groups in total. The Kier molecular flexibility index (Phi) is 5.95. The van der Waals surface area contributed by atoms with Crippen LogP contribution < -0.4 is 15.4 Å². The molecule has 2 rings (SSSR count). The third kappa shape index (κ3) is 3.62. The number of amides is 1. The predicted molar refractivity (Wildman–Crippen MR) is 74.7 cm³/mol. The van der Waals surface area contributed by atoms with Gasteiger partial charge in [-0.3, -0.25) is 4.79 Å². The molecule has 0 saturated carbocycles. The predicted octanol–water partition coefficient (Wildman–Crippen LogP) is 1.98. The van der Waals surface area contributed by atoms with Crippen LogP contribution in [0.5, 0.6) is 5.75 Å². The number of para-hydroxylation sites is 1. The molecule has 0 aliphatic carbocycles. The number of benzene rings is 1. The number of hydrogen-bond donors (Lipinski definition) is 2. The Bertz CT molecular complexity index is 410. The largest absolute Gasteiger partial charge is 0.491 e. The van der Waals surface area contributed by atoms with E-state index < -0.39 is 0 Å². The second kappa shape index (κ2) is 7.24. The van der Waals surface area contributed by atoms with E-state index in [0.717, 1.165) is 30.9 Å². The normalized spacial score (nSPS) is 12.9. The third-order valence-electron chi connectivity index (χ3n) is 2.81. The quantitative estimate of drug-likeness (QED) is 0.880. The van der Waals surface area contributed by atoms with E-state index in [4.69, 9.17) is 4.74 Å². The van der Waals surface area contributed by atoms with Crippen LogP contribution in [0.25, 0.3) is 0 Å². The molecule has 0 bridgehead atoms. The number of carbonyl (C=O) groups excluding carboxylic acids is 1. The highest BCUT2D eigenvalue weighted by atomic mass is 35.5. The lowest BCUT2D eigenvalue weighted by molar-refractivity contribution is -0.116. The Hall–Kier alpha value is -1.26. The van der Waals surface area contributed by atoms with Crippen LogP contribution in [0.1, 0.15) is 18.4 Å². The number of aryl methyl sites for hydroxylation is 1. The maximum absolute atomic E-state index is 11.7. The average molecular weight is 271 g/mol. The van der Waals surface area contributed by atoms with Gasteiger partial charge in [0.15, 0.2) is 0 Å². The smallest absolute Gasteiger partial charge is 0.225 e. The maximum Gasteiger partial charge on any atom is 0.225 e. The van der Waals surface area contributed by atoms with Crippen molar-refractivity contribution in [3.05, 3.63) is 23.8 Å². The molecule has 0 unspecified atom stereocenters. The van der Waals surface area contributed by atoms with Gasteiger partial charge < -0.3 is 15.4 Å². The van der Waals surface area contributed by atoms with E-state index in [9.17, 15) is 4.79 Å². The Morgan fingerprint density at radius 3 is 3.06 bits per heavy atom. The molecule has 5 heteroatoms. The molecule has 0 radical (unpaired) electrons. The van der Waals surface area contributed by atoms with E-state index in [1.807, 2.05) is 19.2 Å². The fraction of sp³-hybridized carbons (Fsp3) is 0.462. The Morgan fingerprint density at radius 1 is 1.44 bits per heavy atom. The van der Waals surface area contributed by atoms with Crippen molar-refractivity contribution in [1.82, 2.24) is 5.32 Å². The van der Waals surface area contributed by atoms with Crippen LogP contribution in [0.2, 0.25) is 0 Å². The third-order valence-corrected chi connectivity index (χ3v) is 2.81. The van der Waals surface area contributed by atoms with E-state index >= 15 is 0 Å². The summed E-state index contributed by atoms with van der Waals surface area (Å²) in [5.74, 6) is 0.860. The molecule has 0 saturated heterocycles. The Labute approximate surface area is 114 Å². The van der Waals surface area contributed by atoms with Crippen molar-refractivity contribution in [1.29, 1.82) is 0 Å². The molecule has 0 atom stereocenters. The summed E-state index contributed by atoms with van der Waals surface area (Å²) >= 11 is 0. The molecule has 1 aromatic carbocycles. The summed E-state index contributed by atoms with van der Waals surface area (Å²) in [6.45, 7) is 1.41. The fourth-order valence-corrected chi connectivity index (χ4v) is 1.94. The molecule has 1 aliphatic rings. The summed E-state index contributed by atoms with van der Waals surface area (Å²) in [6, 6.07) is 5.90. The second-order valence-electron chi connectivity index (χ2n) is 4.15. The maximum atomic E-state index is 11.7. The van der Waals surface area contributed by atoms with Crippen molar-refractivity contribution in [3.8, 4) is 5.75 Å².